The molecule has 2 aromatic carbocycles. The average Bonchev–Trinajstić information content (AvgIpc) is 3.18. The van der Waals surface area contributed by atoms with Crippen molar-refractivity contribution >= 4 is 15.9 Å². The molecule has 1 aliphatic rings. The fourth-order valence-electron chi connectivity index (χ4n) is 3.25. The van der Waals surface area contributed by atoms with Gasteiger partial charge in [-0.25, -0.2) is 17.5 Å². The number of sulfonamides is 1. The highest BCUT2D eigenvalue weighted by molar-refractivity contribution is 7.88. The molecule has 3 rings (SSSR count). The molecule has 0 bridgehead atoms. The Kier molecular flexibility index (Phi) is 6.23. The van der Waals surface area contributed by atoms with Gasteiger partial charge < -0.3 is 4.90 Å². The van der Waals surface area contributed by atoms with E-state index in [1.54, 1.807) is 4.90 Å². The Morgan fingerprint density at radius 3 is 2.26 bits per heavy atom. The predicted molar refractivity (Wildman–Crippen MR) is 102 cm³/mol. The molecule has 0 saturated carbocycles. The second-order valence-electron chi connectivity index (χ2n) is 6.78. The van der Waals surface area contributed by atoms with Crippen LogP contribution in [0.5, 0.6) is 0 Å². The van der Waals surface area contributed by atoms with Crippen LogP contribution in [0.25, 0.3) is 0 Å². The molecule has 1 heterocycles. The average molecular weight is 390 g/mol. The number of amides is 1. The van der Waals surface area contributed by atoms with Crippen LogP contribution >= 0.6 is 0 Å². The summed E-state index contributed by atoms with van der Waals surface area (Å²) in [5.74, 6) is -0.916. The van der Waals surface area contributed by atoms with Crippen molar-refractivity contribution in [2.45, 2.75) is 31.1 Å². The van der Waals surface area contributed by atoms with Crippen LogP contribution < -0.4 is 4.72 Å². The third-order valence-electron chi connectivity index (χ3n) is 4.59. The minimum atomic E-state index is -3.76. The Morgan fingerprint density at radius 2 is 1.63 bits per heavy atom. The molecule has 27 heavy (non-hydrogen) atoms. The molecule has 0 spiro atoms. The molecular weight excluding hydrogens is 367 g/mol. The van der Waals surface area contributed by atoms with Gasteiger partial charge in [-0.05, 0) is 42.5 Å². The highest BCUT2D eigenvalue weighted by Crippen LogP contribution is 2.14. The van der Waals surface area contributed by atoms with Crippen LogP contribution in [-0.4, -0.2) is 38.4 Å². The lowest BCUT2D eigenvalue weighted by molar-refractivity contribution is -0.131. The molecule has 7 heteroatoms. The number of halogens is 1. The molecular formula is C20H23FN2O3S. The smallest absolute Gasteiger partial charge is 0.241 e. The normalized spacial score (nSPS) is 15.7. The molecule has 1 N–H and O–H groups in total. The standard InChI is InChI=1S/C20H23FN2O3S/c21-18-10-8-17(9-11-18)15-27(25,26)22-19(14-16-6-2-1-3-7-16)20(24)23-12-4-5-13-23/h1-3,6-11,19,22H,4-5,12-15H2/t19-/m0/s1. The van der Waals surface area contributed by atoms with Gasteiger partial charge in [0, 0.05) is 13.1 Å². The Balaban J connectivity index is 1.76. The summed E-state index contributed by atoms with van der Waals surface area (Å²) in [7, 11) is -3.76. The molecule has 144 valence electrons. The number of nitrogens with one attached hydrogen (secondary N) is 1. The van der Waals surface area contributed by atoms with Gasteiger partial charge in [0.05, 0.1) is 5.75 Å². The first kappa shape index (κ1) is 19.5. The second-order valence-corrected chi connectivity index (χ2v) is 8.53. The van der Waals surface area contributed by atoms with Crippen LogP contribution in [0.1, 0.15) is 24.0 Å². The van der Waals surface area contributed by atoms with Crippen molar-refractivity contribution in [2.24, 2.45) is 0 Å². The Labute approximate surface area is 159 Å². The van der Waals surface area contributed by atoms with E-state index in [9.17, 15) is 17.6 Å². The minimum Gasteiger partial charge on any atom is -0.341 e. The van der Waals surface area contributed by atoms with Crippen LogP contribution in [0.15, 0.2) is 54.6 Å². The number of benzene rings is 2. The number of hydrogen-bond acceptors (Lipinski definition) is 3. The molecule has 1 aliphatic heterocycles. The topological polar surface area (TPSA) is 66.5 Å². The van der Waals surface area contributed by atoms with Crippen molar-refractivity contribution < 1.29 is 17.6 Å². The van der Waals surface area contributed by atoms with E-state index in [1.807, 2.05) is 30.3 Å². The van der Waals surface area contributed by atoms with Crippen LogP contribution in [0, 0.1) is 5.82 Å². The number of hydrogen-bond donors (Lipinski definition) is 1. The van der Waals surface area contributed by atoms with Crippen LogP contribution in [0.3, 0.4) is 0 Å². The molecule has 5 nitrogen and oxygen atoms in total. The highest BCUT2D eigenvalue weighted by Gasteiger charge is 2.30. The van der Waals surface area contributed by atoms with Crippen LogP contribution in [0.2, 0.25) is 0 Å². The van der Waals surface area contributed by atoms with E-state index >= 15 is 0 Å². The monoisotopic (exact) mass is 390 g/mol. The zero-order chi connectivity index (χ0) is 19.3. The molecule has 2 aromatic rings. The van der Waals surface area contributed by atoms with Crippen molar-refractivity contribution in [3.05, 3.63) is 71.5 Å². The van der Waals surface area contributed by atoms with E-state index in [0.717, 1.165) is 18.4 Å². The minimum absolute atomic E-state index is 0.195. The van der Waals surface area contributed by atoms with Crippen molar-refractivity contribution in [3.63, 3.8) is 0 Å². The summed E-state index contributed by atoms with van der Waals surface area (Å²) in [5.41, 5.74) is 1.36. The lowest BCUT2D eigenvalue weighted by atomic mass is 10.1. The van der Waals surface area contributed by atoms with Gasteiger partial charge in [-0.15, -0.1) is 0 Å². The van der Waals surface area contributed by atoms with E-state index < -0.39 is 21.9 Å². The lowest BCUT2D eigenvalue weighted by Crippen LogP contribution is -2.49. The highest BCUT2D eigenvalue weighted by atomic mass is 32.2. The SMILES string of the molecule is O=C([C@H](Cc1ccccc1)NS(=O)(=O)Cc1ccc(F)cc1)N1CCCC1. The summed E-state index contributed by atoms with van der Waals surface area (Å²) in [4.78, 5) is 14.6. The summed E-state index contributed by atoms with van der Waals surface area (Å²) in [6.07, 6.45) is 2.16. The Bertz CT molecular complexity index is 864. The van der Waals surface area contributed by atoms with Crippen LogP contribution in [0.4, 0.5) is 4.39 Å². The number of nitrogens with zero attached hydrogens (tertiary/aromatic N) is 1. The van der Waals surface area contributed by atoms with E-state index in [1.165, 1.54) is 24.3 Å². The van der Waals surface area contributed by atoms with Gasteiger partial charge in [0.1, 0.15) is 11.9 Å². The fourth-order valence-corrected chi connectivity index (χ4v) is 4.58. The summed E-state index contributed by atoms with van der Waals surface area (Å²) in [6, 6.07) is 13.8. The molecule has 1 amide bonds. The molecule has 0 aliphatic carbocycles. The van der Waals surface area contributed by atoms with Gasteiger partial charge in [-0.1, -0.05) is 42.5 Å². The van der Waals surface area contributed by atoms with E-state index in [0.29, 0.717) is 25.1 Å². The summed E-state index contributed by atoms with van der Waals surface area (Å²) in [5, 5.41) is 0. The second kappa shape index (κ2) is 8.63. The first-order valence-corrected chi connectivity index (χ1v) is 10.7. The summed E-state index contributed by atoms with van der Waals surface area (Å²) < 4.78 is 40.9. The summed E-state index contributed by atoms with van der Waals surface area (Å²) in [6.45, 7) is 1.31. The molecule has 0 aromatic heterocycles. The first-order valence-electron chi connectivity index (χ1n) is 9.00. The zero-order valence-electron chi connectivity index (χ0n) is 15.0. The number of carbonyl (C=O) groups excluding carboxylic acids is 1. The number of carbonyl (C=O) groups is 1. The van der Waals surface area contributed by atoms with Gasteiger partial charge in [0.15, 0.2) is 0 Å². The van der Waals surface area contributed by atoms with Crippen molar-refractivity contribution in [1.82, 2.24) is 9.62 Å². The van der Waals surface area contributed by atoms with Crippen molar-refractivity contribution in [3.8, 4) is 0 Å². The largest absolute Gasteiger partial charge is 0.341 e. The van der Waals surface area contributed by atoms with E-state index in [2.05, 4.69) is 4.72 Å². The van der Waals surface area contributed by atoms with Crippen molar-refractivity contribution in [1.29, 1.82) is 0 Å². The maximum absolute atomic E-state index is 13.0. The van der Waals surface area contributed by atoms with Crippen LogP contribution in [-0.2, 0) is 27.0 Å². The molecule has 1 fully saturated rings. The van der Waals surface area contributed by atoms with Gasteiger partial charge in [-0.3, -0.25) is 4.79 Å². The Hall–Kier alpha value is -2.25. The summed E-state index contributed by atoms with van der Waals surface area (Å²) >= 11 is 0. The number of rotatable bonds is 7. The van der Waals surface area contributed by atoms with Crippen molar-refractivity contribution in [2.75, 3.05) is 13.1 Å². The van der Waals surface area contributed by atoms with Gasteiger partial charge in [0.25, 0.3) is 0 Å². The van der Waals surface area contributed by atoms with Gasteiger partial charge in [-0.2, -0.15) is 0 Å². The lowest BCUT2D eigenvalue weighted by Gasteiger charge is -2.24. The third kappa shape index (κ3) is 5.61. The first-order chi connectivity index (χ1) is 12.9. The predicted octanol–water partition coefficient (Wildman–Crippen LogP) is 2.48. The quantitative estimate of drug-likeness (QED) is 0.790. The third-order valence-corrected chi connectivity index (χ3v) is 5.95. The molecule has 1 atom stereocenters. The van der Waals surface area contributed by atoms with Gasteiger partial charge in [0.2, 0.25) is 15.9 Å². The van der Waals surface area contributed by atoms with Gasteiger partial charge >= 0.3 is 0 Å². The van der Waals surface area contributed by atoms with E-state index in [4.69, 9.17) is 0 Å². The maximum atomic E-state index is 13.0. The van der Waals surface area contributed by atoms with E-state index in [-0.39, 0.29) is 11.7 Å². The zero-order valence-corrected chi connectivity index (χ0v) is 15.8. The molecule has 0 radical (unpaired) electrons. The number of likely N-dealkylation sites (tertiary alicyclic amines) is 1. The fraction of sp³-hybridized carbons (Fsp3) is 0.350. The molecule has 0 unspecified atom stereocenters. The maximum Gasteiger partial charge on any atom is 0.241 e. The Morgan fingerprint density at radius 1 is 1.00 bits per heavy atom. The molecule has 1 saturated heterocycles.